The van der Waals surface area contributed by atoms with Crippen LogP contribution >= 0.6 is 15.9 Å². The van der Waals surface area contributed by atoms with Crippen molar-refractivity contribution in [2.24, 2.45) is 5.10 Å². The van der Waals surface area contributed by atoms with Gasteiger partial charge in [0.05, 0.1) is 17.1 Å². The first-order valence-corrected chi connectivity index (χ1v) is 10.9. The molecular formula is C25H21BrFN3O2. The van der Waals surface area contributed by atoms with Crippen molar-refractivity contribution in [3.8, 4) is 5.75 Å². The molecule has 0 N–H and O–H groups in total. The van der Waals surface area contributed by atoms with Crippen LogP contribution < -0.4 is 10.3 Å². The van der Waals surface area contributed by atoms with Crippen LogP contribution in [0.4, 0.5) is 4.39 Å². The second kappa shape index (κ2) is 9.44. The lowest BCUT2D eigenvalue weighted by molar-refractivity contribution is 0.305. The van der Waals surface area contributed by atoms with Crippen molar-refractivity contribution in [3.05, 3.63) is 104 Å². The highest BCUT2D eigenvalue weighted by Gasteiger charge is 2.13. The standard InChI is InChI=1S/C25H21BrFN3O2/c1-16(2)24-29-23-10-9-19(26)13-22(23)25(31)30(24)28-14-17-5-4-8-21(12-17)32-15-18-6-3-7-20(27)11-18/h3-14,16H,15H2,1-2H3. The van der Waals surface area contributed by atoms with Crippen LogP contribution in [-0.2, 0) is 6.61 Å². The maximum absolute atomic E-state index is 13.4. The zero-order chi connectivity index (χ0) is 22.7. The lowest BCUT2D eigenvalue weighted by Crippen LogP contribution is -2.23. The Labute approximate surface area is 193 Å². The first-order chi connectivity index (χ1) is 15.4. The summed E-state index contributed by atoms with van der Waals surface area (Å²) in [6.07, 6.45) is 1.60. The first-order valence-electron chi connectivity index (χ1n) is 10.1. The Morgan fingerprint density at radius 3 is 2.72 bits per heavy atom. The quantitative estimate of drug-likeness (QED) is 0.315. The average Bonchev–Trinajstić information content (AvgIpc) is 2.77. The molecule has 0 aliphatic rings. The number of aromatic nitrogens is 2. The highest BCUT2D eigenvalue weighted by atomic mass is 79.9. The lowest BCUT2D eigenvalue weighted by atomic mass is 10.2. The van der Waals surface area contributed by atoms with Gasteiger partial charge in [-0.25, -0.2) is 9.37 Å². The smallest absolute Gasteiger partial charge is 0.282 e. The highest BCUT2D eigenvalue weighted by Crippen LogP contribution is 2.19. The third-order valence-electron chi connectivity index (χ3n) is 4.82. The number of benzene rings is 3. The number of halogens is 2. The Morgan fingerprint density at radius 2 is 1.94 bits per heavy atom. The number of rotatable bonds is 6. The molecule has 7 heteroatoms. The van der Waals surface area contributed by atoms with E-state index in [1.165, 1.54) is 16.8 Å². The Morgan fingerprint density at radius 1 is 1.12 bits per heavy atom. The van der Waals surface area contributed by atoms with E-state index in [2.05, 4.69) is 26.0 Å². The predicted molar refractivity (Wildman–Crippen MR) is 128 cm³/mol. The van der Waals surface area contributed by atoms with Crippen LogP contribution in [0.2, 0.25) is 0 Å². The van der Waals surface area contributed by atoms with Gasteiger partial charge in [-0.1, -0.05) is 54.0 Å². The van der Waals surface area contributed by atoms with Gasteiger partial charge in [-0.05, 0) is 53.6 Å². The van der Waals surface area contributed by atoms with E-state index in [4.69, 9.17) is 4.74 Å². The molecule has 4 rings (SSSR count). The number of fused-ring (bicyclic) bond motifs is 1. The van der Waals surface area contributed by atoms with E-state index in [9.17, 15) is 9.18 Å². The third-order valence-corrected chi connectivity index (χ3v) is 5.32. The van der Waals surface area contributed by atoms with Crippen LogP contribution in [0.5, 0.6) is 5.75 Å². The predicted octanol–water partition coefficient (Wildman–Crippen LogP) is 5.88. The molecule has 0 amide bonds. The molecule has 0 spiro atoms. The molecule has 32 heavy (non-hydrogen) atoms. The van der Waals surface area contributed by atoms with Crippen molar-refractivity contribution in [2.45, 2.75) is 26.4 Å². The molecule has 5 nitrogen and oxygen atoms in total. The molecule has 0 saturated heterocycles. The second-order valence-electron chi connectivity index (χ2n) is 7.64. The monoisotopic (exact) mass is 493 g/mol. The molecule has 0 aliphatic heterocycles. The fourth-order valence-electron chi connectivity index (χ4n) is 3.25. The molecule has 1 aromatic heterocycles. The summed E-state index contributed by atoms with van der Waals surface area (Å²) in [5, 5.41) is 4.94. The fourth-order valence-corrected chi connectivity index (χ4v) is 3.61. The Bertz CT molecular complexity index is 1370. The van der Waals surface area contributed by atoms with E-state index >= 15 is 0 Å². The van der Waals surface area contributed by atoms with Crippen molar-refractivity contribution >= 4 is 33.0 Å². The van der Waals surface area contributed by atoms with Gasteiger partial charge in [0.15, 0.2) is 0 Å². The van der Waals surface area contributed by atoms with Gasteiger partial charge in [-0.15, -0.1) is 0 Å². The minimum Gasteiger partial charge on any atom is -0.489 e. The van der Waals surface area contributed by atoms with E-state index < -0.39 is 0 Å². The summed E-state index contributed by atoms with van der Waals surface area (Å²) < 4.78 is 21.3. The van der Waals surface area contributed by atoms with Gasteiger partial charge in [0.1, 0.15) is 24.0 Å². The first kappa shape index (κ1) is 21.9. The second-order valence-corrected chi connectivity index (χ2v) is 8.55. The molecule has 162 valence electrons. The zero-order valence-corrected chi connectivity index (χ0v) is 19.2. The van der Waals surface area contributed by atoms with Gasteiger partial charge < -0.3 is 4.74 Å². The van der Waals surface area contributed by atoms with Gasteiger partial charge in [0.2, 0.25) is 0 Å². The topological polar surface area (TPSA) is 56.5 Å². The van der Waals surface area contributed by atoms with E-state index in [1.54, 1.807) is 24.4 Å². The minimum absolute atomic E-state index is 0.00818. The fraction of sp³-hybridized carbons (Fsp3) is 0.160. The van der Waals surface area contributed by atoms with Gasteiger partial charge in [-0.3, -0.25) is 4.79 Å². The van der Waals surface area contributed by atoms with Crippen LogP contribution in [0.1, 0.15) is 36.7 Å². The molecule has 0 unspecified atom stereocenters. The summed E-state index contributed by atoms with van der Waals surface area (Å²) in [4.78, 5) is 17.8. The molecule has 3 aromatic carbocycles. The maximum Gasteiger partial charge on any atom is 0.282 e. The van der Waals surface area contributed by atoms with E-state index in [0.717, 1.165) is 15.6 Å². The molecule has 0 radical (unpaired) electrons. The number of nitrogens with zero attached hydrogens (tertiary/aromatic N) is 3. The lowest BCUT2D eigenvalue weighted by Gasteiger charge is -2.12. The van der Waals surface area contributed by atoms with Crippen molar-refractivity contribution < 1.29 is 9.13 Å². The normalized spacial score (nSPS) is 11.5. The summed E-state index contributed by atoms with van der Waals surface area (Å²) in [6.45, 7) is 4.19. The molecular weight excluding hydrogens is 473 g/mol. The summed E-state index contributed by atoms with van der Waals surface area (Å²) in [5.41, 5.74) is 1.92. The number of hydrogen-bond acceptors (Lipinski definition) is 4. The van der Waals surface area contributed by atoms with Crippen molar-refractivity contribution in [1.29, 1.82) is 0 Å². The Kier molecular flexibility index (Phi) is 6.46. The molecule has 0 bridgehead atoms. The summed E-state index contributed by atoms with van der Waals surface area (Å²) in [5.74, 6) is 0.915. The van der Waals surface area contributed by atoms with E-state index in [-0.39, 0.29) is 23.9 Å². The summed E-state index contributed by atoms with van der Waals surface area (Å²) >= 11 is 3.41. The van der Waals surface area contributed by atoms with Crippen molar-refractivity contribution in [2.75, 3.05) is 0 Å². The van der Waals surface area contributed by atoms with Crippen LogP contribution in [0.15, 0.2) is 81.1 Å². The van der Waals surface area contributed by atoms with Crippen molar-refractivity contribution in [1.82, 2.24) is 9.66 Å². The minimum atomic E-state index is -0.297. The molecule has 1 heterocycles. The summed E-state index contributed by atoms with van der Waals surface area (Å²) in [7, 11) is 0. The summed E-state index contributed by atoms with van der Waals surface area (Å²) in [6, 6.07) is 19.1. The van der Waals surface area contributed by atoms with Crippen LogP contribution in [-0.4, -0.2) is 15.9 Å². The van der Waals surface area contributed by atoms with Crippen molar-refractivity contribution in [3.63, 3.8) is 0 Å². The average molecular weight is 494 g/mol. The van der Waals surface area contributed by atoms with Gasteiger partial charge in [-0.2, -0.15) is 9.78 Å². The van der Waals surface area contributed by atoms with Gasteiger partial charge in [0.25, 0.3) is 5.56 Å². The van der Waals surface area contributed by atoms with Crippen LogP contribution in [0.3, 0.4) is 0 Å². The van der Waals surface area contributed by atoms with E-state index in [0.29, 0.717) is 22.5 Å². The molecule has 0 fully saturated rings. The van der Waals surface area contributed by atoms with E-state index in [1.807, 2.05) is 50.2 Å². The zero-order valence-electron chi connectivity index (χ0n) is 17.6. The molecule has 0 aliphatic carbocycles. The van der Waals surface area contributed by atoms with Gasteiger partial charge in [0, 0.05) is 10.4 Å². The molecule has 4 aromatic rings. The SMILES string of the molecule is CC(C)c1nc2ccc(Br)cc2c(=O)n1N=Cc1cccc(OCc2cccc(F)c2)c1. The van der Waals surface area contributed by atoms with Crippen LogP contribution in [0, 0.1) is 5.82 Å². The third kappa shape index (κ3) is 4.94. The Balaban J connectivity index is 1.63. The molecule has 0 saturated carbocycles. The van der Waals surface area contributed by atoms with Crippen LogP contribution in [0.25, 0.3) is 10.9 Å². The maximum atomic E-state index is 13.4. The molecule has 0 atom stereocenters. The Hall–Kier alpha value is -3.32. The highest BCUT2D eigenvalue weighted by molar-refractivity contribution is 9.10. The number of ether oxygens (including phenoxy) is 1. The largest absolute Gasteiger partial charge is 0.489 e. The van der Waals surface area contributed by atoms with Gasteiger partial charge >= 0.3 is 0 Å². The number of hydrogen-bond donors (Lipinski definition) is 0.